The Morgan fingerprint density at radius 2 is 1.12 bits per heavy atom. The van der Waals surface area contributed by atoms with Crippen LogP contribution in [0.5, 0.6) is 0 Å². The van der Waals surface area contributed by atoms with Crippen LogP contribution in [0.25, 0.3) is 10.8 Å². The molecule has 0 fully saturated rings. The lowest BCUT2D eigenvalue weighted by molar-refractivity contribution is 1.25. The van der Waals surface area contributed by atoms with Crippen LogP contribution in [0.2, 0.25) is 0 Å². The number of rotatable bonds is 3. The summed E-state index contributed by atoms with van der Waals surface area (Å²) in [5.74, 6) is 0. The molecule has 1 aromatic heterocycles. The number of para-hydroxylation sites is 2. The van der Waals surface area contributed by atoms with Crippen molar-refractivity contribution in [3.05, 3.63) is 97.3 Å². The van der Waals surface area contributed by atoms with E-state index in [1.165, 1.54) is 5.39 Å². The number of benzene rings is 3. The van der Waals surface area contributed by atoms with Crippen LogP contribution in [0.3, 0.4) is 0 Å². The maximum atomic E-state index is 4.44. The molecule has 0 spiro atoms. The second kappa shape index (κ2) is 8.11. The number of nitrogens with zero attached hydrogens (tertiary/aromatic N) is 2. The SMILES string of the molecule is CC.c1ccc(N(c2ccccc2)c2cncc3ccccc23)cc1. The standard InChI is InChI=1S/C21H16N2.C2H6/c1-3-10-18(11-4-1)23(19-12-5-2-6-13-19)21-16-22-15-17-9-7-8-14-20(17)21;1-2/h1-16H;1-2H3. The highest BCUT2D eigenvalue weighted by Crippen LogP contribution is 2.37. The predicted molar refractivity (Wildman–Crippen MR) is 108 cm³/mol. The molecule has 0 amide bonds. The maximum absolute atomic E-state index is 4.44. The molecule has 4 rings (SSSR count). The third-order valence-corrected chi connectivity index (χ3v) is 3.92. The van der Waals surface area contributed by atoms with Gasteiger partial charge in [0.15, 0.2) is 0 Å². The normalized spacial score (nSPS) is 10.0. The lowest BCUT2D eigenvalue weighted by atomic mass is 10.1. The molecule has 0 atom stereocenters. The molecule has 4 aromatic rings. The van der Waals surface area contributed by atoms with E-state index >= 15 is 0 Å². The van der Waals surface area contributed by atoms with Gasteiger partial charge in [-0.15, -0.1) is 0 Å². The summed E-state index contributed by atoms with van der Waals surface area (Å²) >= 11 is 0. The van der Waals surface area contributed by atoms with E-state index in [-0.39, 0.29) is 0 Å². The molecule has 0 N–H and O–H groups in total. The van der Waals surface area contributed by atoms with Gasteiger partial charge in [0.25, 0.3) is 0 Å². The molecule has 0 saturated carbocycles. The van der Waals surface area contributed by atoms with Crippen molar-refractivity contribution in [3.63, 3.8) is 0 Å². The van der Waals surface area contributed by atoms with Crippen LogP contribution in [-0.2, 0) is 0 Å². The van der Waals surface area contributed by atoms with Gasteiger partial charge >= 0.3 is 0 Å². The van der Waals surface area contributed by atoms with Crippen molar-refractivity contribution in [2.24, 2.45) is 0 Å². The molecule has 1 heterocycles. The summed E-state index contributed by atoms with van der Waals surface area (Å²) in [5.41, 5.74) is 3.33. The zero-order chi connectivity index (χ0) is 17.5. The highest BCUT2D eigenvalue weighted by molar-refractivity contribution is 5.97. The smallest absolute Gasteiger partial charge is 0.0723 e. The fraction of sp³-hybridized carbons (Fsp3) is 0.0870. The molecule has 0 saturated heterocycles. The minimum absolute atomic E-state index is 1.08. The van der Waals surface area contributed by atoms with E-state index in [0.29, 0.717) is 0 Å². The summed E-state index contributed by atoms with van der Waals surface area (Å²) in [6.45, 7) is 4.00. The number of hydrogen-bond acceptors (Lipinski definition) is 2. The van der Waals surface area contributed by atoms with E-state index in [9.17, 15) is 0 Å². The van der Waals surface area contributed by atoms with Crippen LogP contribution in [0.1, 0.15) is 13.8 Å². The molecule has 2 nitrogen and oxygen atoms in total. The van der Waals surface area contributed by atoms with Crippen LogP contribution < -0.4 is 4.90 Å². The first-order valence-corrected chi connectivity index (χ1v) is 8.66. The van der Waals surface area contributed by atoms with Gasteiger partial charge in [-0.1, -0.05) is 74.5 Å². The molecule has 124 valence electrons. The van der Waals surface area contributed by atoms with Gasteiger partial charge < -0.3 is 4.90 Å². The molecular weight excluding hydrogens is 304 g/mol. The van der Waals surface area contributed by atoms with Crippen molar-refractivity contribution < 1.29 is 0 Å². The molecule has 0 aliphatic heterocycles. The lowest BCUT2D eigenvalue weighted by Crippen LogP contribution is -2.10. The Morgan fingerprint density at radius 3 is 1.72 bits per heavy atom. The minimum Gasteiger partial charge on any atom is -0.308 e. The van der Waals surface area contributed by atoms with Crippen LogP contribution in [0.4, 0.5) is 17.1 Å². The summed E-state index contributed by atoms with van der Waals surface area (Å²) in [6.07, 6.45) is 3.84. The number of pyridine rings is 1. The highest BCUT2D eigenvalue weighted by Gasteiger charge is 2.14. The third-order valence-electron chi connectivity index (χ3n) is 3.92. The van der Waals surface area contributed by atoms with Gasteiger partial charge in [-0.05, 0) is 24.3 Å². The first kappa shape index (κ1) is 16.7. The monoisotopic (exact) mass is 326 g/mol. The second-order valence-corrected chi connectivity index (χ2v) is 5.39. The summed E-state index contributed by atoms with van der Waals surface area (Å²) in [6, 6.07) is 29.1. The zero-order valence-corrected chi connectivity index (χ0v) is 14.6. The molecule has 0 aliphatic carbocycles. The zero-order valence-electron chi connectivity index (χ0n) is 14.6. The minimum atomic E-state index is 1.08. The Kier molecular flexibility index (Phi) is 5.43. The van der Waals surface area contributed by atoms with Gasteiger partial charge in [-0.2, -0.15) is 0 Å². The average molecular weight is 326 g/mol. The Labute approximate surface area is 149 Å². The van der Waals surface area contributed by atoms with Crippen LogP contribution in [0, 0.1) is 0 Å². The van der Waals surface area contributed by atoms with Crippen molar-refractivity contribution in [1.82, 2.24) is 4.98 Å². The molecule has 0 aliphatic rings. The van der Waals surface area contributed by atoms with Crippen LogP contribution in [-0.4, -0.2) is 4.98 Å². The molecule has 0 bridgehead atoms. The van der Waals surface area contributed by atoms with E-state index in [0.717, 1.165) is 22.4 Å². The third kappa shape index (κ3) is 3.53. The number of hydrogen-bond donors (Lipinski definition) is 0. The summed E-state index contributed by atoms with van der Waals surface area (Å²) in [7, 11) is 0. The molecule has 2 heteroatoms. The fourth-order valence-electron chi connectivity index (χ4n) is 2.86. The summed E-state index contributed by atoms with van der Waals surface area (Å²) in [5, 5.41) is 2.33. The quantitative estimate of drug-likeness (QED) is 0.415. The van der Waals surface area contributed by atoms with Gasteiger partial charge in [0.1, 0.15) is 0 Å². The van der Waals surface area contributed by atoms with E-state index in [1.54, 1.807) is 0 Å². The summed E-state index contributed by atoms with van der Waals surface area (Å²) in [4.78, 5) is 6.69. The number of fused-ring (bicyclic) bond motifs is 1. The molecule has 0 radical (unpaired) electrons. The van der Waals surface area contributed by atoms with E-state index < -0.39 is 0 Å². The van der Waals surface area contributed by atoms with Gasteiger partial charge in [-0.3, -0.25) is 4.98 Å². The first-order chi connectivity index (χ1) is 12.4. The van der Waals surface area contributed by atoms with Crippen molar-refractivity contribution in [3.8, 4) is 0 Å². The van der Waals surface area contributed by atoms with E-state index in [4.69, 9.17) is 0 Å². The average Bonchev–Trinajstić information content (AvgIpc) is 2.72. The van der Waals surface area contributed by atoms with E-state index in [2.05, 4.69) is 76.6 Å². The summed E-state index contributed by atoms with van der Waals surface area (Å²) < 4.78 is 0. The molecule has 3 aromatic carbocycles. The molecular formula is C23H22N2. The second-order valence-electron chi connectivity index (χ2n) is 5.39. The van der Waals surface area contributed by atoms with E-state index in [1.807, 2.05) is 44.4 Å². The largest absolute Gasteiger partial charge is 0.308 e. The Morgan fingerprint density at radius 1 is 0.600 bits per heavy atom. The number of aromatic nitrogens is 1. The van der Waals surface area contributed by atoms with Crippen molar-refractivity contribution >= 4 is 27.8 Å². The predicted octanol–water partition coefficient (Wildman–Crippen LogP) is 6.73. The Bertz CT molecular complexity index is 873. The first-order valence-electron chi connectivity index (χ1n) is 8.66. The van der Waals surface area contributed by atoms with Crippen LogP contribution >= 0.6 is 0 Å². The van der Waals surface area contributed by atoms with Crippen molar-refractivity contribution in [2.45, 2.75) is 13.8 Å². The Hall–Kier alpha value is -3.13. The fourth-order valence-corrected chi connectivity index (χ4v) is 2.86. The molecule has 0 unspecified atom stereocenters. The van der Waals surface area contributed by atoms with Crippen molar-refractivity contribution in [1.29, 1.82) is 0 Å². The maximum Gasteiger partial charge on any atom is 0.0723 e. The van der Waals surface area contributed by atoms with Crippen LogP contribution in [0.15, 0.2) is 97.3 Å². The molecule has 25 heavy (non-hydrogen) atoms. The lowest BCUT2D eigenvalue weighted by Gasteiger charge is -2.26. The van der Waals surface area contributed by atoms with Gasteiger partial charge in [0.05, 0.1) is 11.9 Å². The number of anilines is 3. The van der Waals surface area contributed by atoms with Gasteiger partial charge in [0, 0.05) is 28.3 Å². The van der Waals surface area contributed by atoms with Crippen molar-refractivity contribution in [2.75, 3.05) is 4.90 Å². The Balaban J connectivity index is 0.000000880. The topological polar surface area (TPSA) is 16.1 Å². The van der Waals surface area contributed by atoms with Gasteiger partial charge in [-0.25, -0.2) is 0 Å². The highest BCUT2D eigenvalue weighted by atomic mass is 15.1. The van der Waals surface area contributed by atoms with Gasteiger partial charge in [0.2, 0.25) is 0 Å².